The van der Waals surface area contributed by atoms with Gasteiger partial charge in [0.1, 0.15) is 0 Å². The predicted octanol–water partition coefficient (Wildman–Crippen LogP) is 0.454. The molecule has 0 aliphatic carbocycles. The third-order valence-electron chi connectivity index (χ3n) is 2.87. The fourth-order valence-electron chi connectivity index (χ4n) is 2.06. The van der Waals surface area contributed by atoms with Gasteiger partial charge in [-0.3, -0.25) is 10.4 Å². The first-order valence-electron chi connectivity index (χ1n) is 5.23. The van der Waals surface area contributed by atoms with Crippen LogP contribution in [0.1, 0.15) is 0 Å². The van der Waals surface area contributed by atoms with Crippen LogP contribution in [-0.2, 0) is 0 Å². The second kappa shape index (κ2) is 3.36. The maximum absolute atomic E-state index is 10.1. The van der Waals surface area contributed by atoms with Crippen LogP contribution in [0, 0.1) is 0 Å². The minimum Gasteiger partial charge on any atom is -0.502 e. The molecule has 6 heteroatoms. The van der Waals surface area contributed by atoms with Gasteiger partial charge in [0, 0.05) is 21.6 Å². The van der Waals surface area contributed by atoms with Crippen LogP contribution in [0.2, 0.25) is 0 Å². The van der Waals surface area contributed by atoms with Crippen molar-refractivity contribution in [2.24, 2.45) is 0 Å². The van der Waals surface area contributed by atoms with E-state index in [0.717, 1.165) is 9.46 Å². The first-order chi connectivity index (χ1) is 8.61. The molecule has 2 aromatic carbocycles. The summed E-state index contributed by atoms with van der Waals surface area (Å²) < 4.78 is 1.46. The number of para-hydroxylation sites is 2. The Hall–Kier alpha value is -2.76. The lowest BCUT2D eigenvalue weighted by Gasteiger charge is -1.98. The van der Waals surface area contributed by atoms with Gasteiger partial charge in [0.25, 0.3) is 0 Å². The van der Waals surface area contributed by atoms with E-state index < -0.39 is 0 Å². The highest BCUT2D eigenvalue weighted by Gasteiger charge is 2.32. The molecule has 1 aromatic heterocycles. The highest BCUT2D eigenvalue weighted by molar-refractivity contribution is 5.82. The van der Waals surface area contributed by atoms with E-state index in [2.05, 4.69) is 0 Å². The first kappa shape index (κ1) is 10.4. The Morgan fingerprint density at radius 1 is 0.667 bits per heavy atom. The molecule has 6 nitrogen and oxygen atoms in total. The monoisotopic (exact) mass is 246 g/mol. The molecule has 0 spiro atoms. The summed E-state index contributed by atoms with van der Waals surface area (Å²) >= 11 is 0. The lowest BCUT2D eigenvalue weighted by molar-refractivity contribution is -0.895. The molecule has 0 fully saturated rings. The fourth-order valence-corrected chi connectivity index (χ4v) is 2.06. The molecule has 0 aliphatic heterocycles. The first-order valence-corrected chi connectivity index (χ1v) is 5.23. The molecule has 18 heavy (non-hydrogen) atoms. The molecule has 1 heterocycles. The van der Waals surface area contributed by atoms with Crippen molar-refractivity contribution in [1.29, 1.82) is 0 Å². The van der Waals surface area contributed by atoms with Crippen molar-refractivity contribution >= 4 is 22.1 Å². The molecule has 0 atom stereocenters. The molecule has 4 N–H and O–H groups in total. The second-order valence-electron chi connectivity index (χ2n) is 3.91. The second-order valence-corrected chi connectivity index (χ2v) is 3.91. The van der Waals surface area contributed by atoms with Crippen LogP contribution < -0.4 is 9.46 Å². The summed E-state index contributed by atoms with van der Waals surface area (Å²) in [6.07, 6.45) is 0. The van der Waals surface area contributed by atoms with Crippen molar-refractivity contribution in [1.82, 2.24) is 0 Å². The molecule has 90 valence electrons. The maximum atomic E-state index is 10.1. The Morgan fingerprint density at radius 3 is 1.44 bits per heavy atom. The van der Waals surface area contributed by atoms with Gasteiger partial charge < -0.3 is 10.2 Å². The Kier molecular flexibility index (Phi) is 1.94. The fraction of sp³-hybridized carbons (Fsp3) is 0. The van der Waals surface area contributed by atoms with E-state index in [1.165, 1.54) is 36.4 Å². The van der Waals surface area contributed by atoms with Crippen LogP contribution in [0.15, 0.2) is 36.4 Å². The number of hydrogen-bond donors (Lipinski definition) is 4. The molecular formula is C12H10N2O4+2. The number of fused-ring (bicyclic) bond motifs is 2. The zero-order chi connectivity index (χ0) is 12.9. The lowest BCUT2D eigenvalue weighted by Crippen LogP contribution is -2.42. The van der Waals surface area contributed by atoms with Crippen molar-refractivity contribution in [3.05, 3.63) is 36.4 Å². The number of aromatic nitrogens is 2. The zero-order valence-corrected chi connectivity index (χ0v) is 9.15. The summed E-state index contributed by atoms with van der Waals surface area (Å²) in [5, 5.41) is 39.6. The van der Waals surface area contributed by atoms with Crippen LogP contribution in [-0.4, -0.2) is 20.6 Å². The summed E-state index contributed by atoms with van der Waals surface area (Å²) in [4.78, 5) is 0. The van der Waals surface area contributed by atoms with E-state index in [4.69, 9.17) is 0 Å². The van der Waals surface area contributed by atoms with Gasteiger partial charge in [-0.2, -0.15) is 0 Å². The SMILES string of the molecule is Oc1cccc2c1[n+](O)c1cccc(O)c1[n+]2O. The molecule has 0 aliphatic rings. The van der Waals surface area contributed by atoms with Gasteiger partial charge >= 0.3 is 22.1 Å². The summed E-state index contributed by atoms with van der Waals surface area (Å²) in [6, 6.07) is 8.85. The van der Waals surface area contributed by atoms with Crippen molar-refractivity contribution in [3.63, 3.8) is 0 Å². The van der Waals surface area contributed by atoms with E-state index in [1.807, 2.05) is 0 Å². The minimum absolute atomic E-state index is 0.0538. The van der Waals surface area contributed by atoms with Gasteiger partial charge in [-0.25, -0.2) is 0 Å². The number of benzene rings is 2. The molecule has 0 unspecified atom stereocenters. The molecular weight excluding hydrogens is 236 g/mol. The van der Waals surface area contributed by atoms with Crippen molar-refractivity contribution in [3.8, 4) is 11.5 Å². The number of nitrogens with zero attached hydrogens (tertiary/aromatic N) is 2. The lowest BCUT2D eigenvalue weighted by atomic mass is 10.2. The molecule has 0 radical (unpaired) electrons. The maximum Gasteiger partial charge on any atom is 0.374 e. The molecule has 0 amide bonds. The standard InChI is InChI=1S/C12H8N2O4/c15-9-5-1-3-7-11(9)14(18)8-4-2-6-10(16)12(8)13(7)17/h1-6,17H,(H-,15,16,18)/p+2. The van der Waals surface area contributed by atoms with E-state index >= 15 is 0 Å². The number of rotatable bonds is 0. The van der Waals surface area contributed by atoms with Gasteiger partial charge in [0.05, 0.1) is 0 Å². The number of phenolic OH excluding ortho intramolecular Hbond substituents is 2. The van der Waals surface area contributed by atoms with Crippen molar-refractivity contribution in [2.45, 2.75) is 0 Å². The Labute approximate surface area is 101 Å². The molecule has 3 aromatic rings. The quantitative estimate of drug-likeness (QED) is 0.263. The largest absolute Gasteiger partial charge is 0.502 e. The Balaban J connectivity index is 2.70. The third-order valence-corrected chi connectivity index (χ3v) is 2.87. The normalized spacial score (nSPS) is 11.1. The number of hydrogen-bond acceptors (Lipinski definition) is 4. The molecule has 0 saturated carbocycles. The van der Waals surface area contributed by atoms with Gasteiger partial charge in [-0.1, -0.05) is 12.1 Å². The Bertz CT molecular complexity index is 718. The number of phenols is 2. The van der Waals surface area contributed by atoms with Gasteiger partial charge in [-0.05, 0) is 12.1 Å². The van der Waals surface area contributed by atoms with Crippen molar-refractivity contribution < 1.29 is 30.1 Å². The van der Waals surface area contributed by atoms with Crippen LogP contribution in [0.4, 0.5) is 0 Å². The van der Waals surface area contributed by atoms with E-state index in [1.54, 1.807) is 0 Å². The zero-order valence-electron chi connectivity index (χ0n) is 9.15. The smallest absolute Gasteiger partial charge is 0.374 e. The topological polar surface area (TPSA) is 88.7 Å². The molecule has 0 saturated heterocycles. The van der Waals surface area contributed by atoms with Gasteiger partial charge in [0.15, 0.2) is 0 Å². The summed E-state index contributed by atoms with van der Waals surface area (Å²) in [7, 11) is 0. The van der Waals surface area contributed by atoms with E-state index in [-0.39, 0.29) is 33.6 Å². The molecule has 0 bridgehead atoms. The van der Waals surface area contributed by atoms with Gasteiger partial charge in [-0.15, -0.1) is 0 Å². The summed E-state index contributed by atoms with van der Waals surface area (Å²) in [5.74, 6) is -0.355. The van der Waals surface area contributed by atoms with Crippen LogP contribution in [0.5, 0.6) is 11.5 Å². The van der Waals surface area contributed by atoms with E-state index in [9.17, 15) is 20.6 Å². The predicted molar refractivity (Wildman–Crippen MR) is 59.5 cm³/mol. The Morgan fingerprint density at radius 2 is 1.06 bits per heavy atom. The van der Waals surface area contributed by atoms with Crippen LogP contribution in [0.25, 0.3) is 22.1 Å². The average molecular weight is 246 g/mol. The van der Waals surface area contributed by atoms with E-state index in [0.29, 0.717) is 0 Å². The average Bonchev–Trinajstić information content (AvgIpc) is 2.35. The third kappa shape index (κ3) is 1.17. The van der Waals surface area contributed by atoms with Crippen LogP contribution in [0.3, 0.4) is 0 Å². The number of aromatic hydroxyl groups is 2. The van der Waals surface area contributed by atoms with Crippen LogP contribution >= 0.6 is 0 Å². The van der Waals surface area contributed by atoms with Crippen molar-refractivity contribution in [2.75, 3.05) is 0 Å². The summed E-state index contributed by atoms with van der Waals surface area (Å²) in [5.41, 5.74) is 0.453. The molecule has 3 rings (SSSR count). The minimum atomic E-state index is -0.178. The highest BCUT2D eigenvalue weighted by atomic mass is 16.5. The van der Waals surface area contributed by atoms with Gasteiger partial charge in [0.2, 0.25) is 11.5 Å². The highest BCUT2D eigenvalue weighted by Crippen LogP contribution is 2.24. The summed E-state index contributed by atoms with van der Waals surface area (Å²) in [6.45, 7) is 0.